The first-order valence-corrected chi connectivity index (χ1v) is 7.93. The Morgan fingerprint density at radius 3 is 2.83 bits per heavy atom. The summed E-state index contributed by atoms with van der Waals surface area (Å²) < 4.78 is 6.21. The Hall–Kier alpha value is -0.670. The van der Waals surface area contributed by atoms with Gasteiger partial charge in [-0.15, -0.1) is 11.8 Å². The number of rotatable bonds is 3. The maximum Gasteiger partial charge on any atom is 0.133 e. The molecule has 2 unspecified atom stereocenters. The van der Waals surface area contributed by atoms with Gasteiger partial charge in [0.15, 0.2) is 0 Å². The van der Waals surface area contributed by atoms with Gasteiger partial charge < -0.3 is 10.1 Å². The highest BCUT2D eigenvalue weighted by molar-refractivity contribution is 7.99. The maximum absolute atomic E-state index is 6.21. The van der Waals surface area contributed by atoms with Crippen molar-refractivity contribution in [2.75, 3.05) is 12.8 Å². The molecule has 3 heteroatoms. The van der Waals surface area contributed by atoms with Crippen LogP contribution in [-0.4, -0.2) is 24.9 Å². The lowest BCUT2D eigenvalue weighted by Gasteiger charge is -2.34. The second-order valence-electron chi connectivity index (χ2n) is 5.27. The lowest BCUT2D eigenvalue weighted by atomic mass is 9.94. The van der Waals surface area contributed by atoms with Crippen LogP contribution in [0.15, 0.2) is 29.2 Å². The molecule has 98 valence electrons. The molecule has 3 rings (SSSR count). The van der Waals surface area contributed by atoms with E-state index in [1.165, 1.54) is 30.6 Å². The fourth-order valence-electron chi connectivity index (χ4n) is 3.25. The third kappa shape index (κ3) is 2.39. The van der Waals surface area contributed by atoms with Gasteiger partial charge in [0.25, 0.3) is 0 Å². The van der Waals surface area contributed by atoms with E-state index in [1.807, 2.05) is 11.8 Å². The molecule has 2 nitrogen and oxygen atoms in total. The van der Waals surface area contributed by atoms with Crippen LogP contribution in [0, 0.1) is 5.92 Å². The minimum atomic E-state index is 0.318. The van der Waals surface area contributed by atoms with Crippen LogP contribution >= 0.6 is 11.8 Å². The lowest BCUT2D eigenvalue weighted by molar-refractivity contribution is 0.137. The number of likely N-dealkylation sites (N-methyl/N-ethyl adjacent to an activating group) is 1. The number of thioether (sulfide) groups is 1. The highest BCUT2D eigenvalue weighted by Crippen LogP contribution is 2.38. The van der Waals surface area contributed by atoms with E-state index in [-0.39, 0.29) is 0 Å². The van der Waals surface area contributed by atoms with E-state index < -0.39 is 0 Å². The molecule has 2 atom stereocenters. The molecule has 1 N–H and O–H groups in total. The molecule has 1 aromatic rings. The van der Waals surface area contributed by atoms with E-state index in [0.717, 1.165) is 17.4 Å². The number of hydrogen-bond donors (Lipinski definition) is 1. The molecule has 0 amide bonds. The van der Waals surface area contributed by atoms with E-state index in [4.69, 9.17) is 4.74 Å². The van der Waals surface area contributed by atoms with Crippen LogP contribution in [0.4, 0.5) is 0 Å². The Bertz CT molecular complexity index is 403. The normalized spacial score (nSPS) is 25.5. The predicted octanol–water partition coefficient (Wildman–Crippen LogP) is 3.32. The fraction of sp³-hybridized carbons (Fsp3) is 0.600. The van der Waals surface area contributed by atoms with Gasteiger partial charge >= 0.3 is 0 Å². The predicted molar refractivity (Wildman–Crippen MR) is 76.4 cm³/mol. The Morgan fingerprint density at radius 1 is 1.28 bits per heavy atom. The lowest BCUT2D eigenvalue weighted by Crippen LogP contribution is -2.48. The molecule has 2 aliphatic rings. The third-order valence-corrected chi connectivity index (χ3v) is 5.32. The number of ether oxygens (including phenoxy) is 1. The third-order valence-electron chi connectivity index (χ3n) is 4.17. The van der Waals surface area contributed by atoms with E-state index in [0.29, 0.717) is 12.1 Å². The number of hydrogen-bond acceptors (Lipinski definition) is 3. The summed E-state index contributed by atoms with van der Waals surface area (Å²) in [4.78, 5) is 1.29. The second kappa shape index (κ2) is 5.54. The van der Waals surface area contributed by atoms with Gasteiger partial charge in [0, 0.05) is 16.7 Å². The molecule has 0 saturated heterocycles. The van der Waals surface area contributed by atoms with Crippen LogP contribution in [0.3, 0.4) is 0 Å². The first-order chi connectivity index (χ1) is 8.88. The highest BCUT2D eigenvalue weighted by Gasteiger charge is 2.34. The maximum atomic E-state index is 6.21. The van der Waals surface area contributed by atoms with Gasteiger partial charge in [-0.05, 0) is 37.9 Å². The van der Waals surface area contributed by atoms with Crippen molar-refractivity contribution in [3.05, 3.63) is 24.3 Å². The Kier molecular flexibility index (Phi) is 3.80. The van der Waals surface area contributed by atoms with Gasteiger partial charge in [-0.1, -0.05) is 25.0 Å². The summed E-state index contributed by atoms with van der Waals surface area (Å²) in [6.45, 7) is 0. The molecular formula is C15H21NOS. The molecule has 0 radical (unpaired) electrons. The summed E-state index contributed by atoms with van der Waals surface area (Å²) in [6, 6.07) is 8.90. The standard InChI is InChI=1S/C15H21NOS/c1-16-15(11-6-2-3-7-11)13-10-18-14-9-5-4-8-12(14)17-13/h4-5,8-9,11,13,15-16H,2-3,6-7,10H2,1H3. The van der Waals surface area contributed by atoms with Crippen LogP contribution in [0.5, 0.6) is 5.75 Å². The van der Waals surface area contributed by atoms with Gasteiger partial charge in [-0.2, -0.15) is 0 Å². The highest BCUT2D eigenvalue weighted by atomic mass is 32.2. The average Bonchev–Trinajstić information content (AvgIpc) is 2.93. The molecule has 0 bridgehead atoms. The van der Waals surface area contributed by atoms with Gasteiger partial charge in [0.05, 0.1) is 0 Å². The molecule has 1 aromatic carbocycles. The van der Waals surface area contributed by atoms with Crippen molar-refractivity contribution in [1.29, 1.82) is 0 Å². The SMILES string of the molecule is CNC(C1CCCC1)C1CSc2ccccc2O1. The Labute approximate surface area is 113 Å². The van der Waals surface area contributed by atoms with E-state index in [1.54, 1.807) is 0 Å². The minimum absolute atomic E-state index is 0.318. The van der Waals surface area contributed by atoms with Crippen molar-refractivity contribution in [3.63, 3.8) is 0 Å². The number of nitrogens with one attached hydrogen (secondary N) is 1. The number of para-hydroxylation sites is 1. The van der Waals surface area contributed by atoms with E-state index >= 15 is 0 Å². The largest absolute Gasteiger partial charge is 0.487 e. The van der Waals surface area contributed by atoms with E-state index in [9.17, 15) is 0 Å². The van der Waals surface area contributed by atoms with Gasteiger partial charge in [-0.3, -0.25) is 0 Å². The summed E-state index contributed by atoms with van der Waals surface area (Å²) in [5.74, 6) is 2.93. The first-order valence-electron chi connectivity index (χ1n) is 6.94. The topological polar surface area (TPSA) is 21.3 Å². The monoisotopic (exact) mass is 263 g/mol. The smallest absolute Gasteiger partial charge is 0.133 e. The summed E-state index contributed by atoms with van der Waals surface area (Å²) in [7, 11) is 2.08. The zero-order chi connectivity index (χ0) is 12.4. The minimum Gasteiger partial charge on any atom is -0.487 e. The Morgan fingerprint density at radius 2 is 2.06 bits per heavy atom. The van der Waals surface area contributed by atoms with Crippen molar-refractivity contribution in [1.82, 2.24) is 5.32 Å². The van der Waals surface area contributed by atoms with Gasteiger partial charge in [0.1, 0.15) is 11.9 Å². The molecule has 1 fully saturated rings. The van der Waals surface area contributed by atoms with Crippen LogP contribution in [0.25, 0.3) is 0 Å². The van der Waals surface area contributed by atoms with Crippen molar-refractivity contribution < 1.29 is 4.74 Å². The molecule has 1 aliphatic heterocycles. The van der Waals surface area contributed by atoms with Crippen molar-refractivity contribution in [2.24, 2.45) is 5.92 Å². The molecule has 1 aliphatic carbocycles. The van der Waals surface area contributed by atoms with Crippen LogP contribution < -0.4 is 10.1 Å². The molecule has 1 heterocycles. The number of benzene rings is 1. The molecular weight excluding hydrogens is 242 g/mol. The Balaban J connectivity index is 1.73. The molecule has 0 spiro atoms. The fourth-order valence-corrected chi connectivity index (χ4v) is 4.31. The van der Waals surface area contributed by atoms with E-state index in [2.05, 4.69) is 36.6 Å². The zero-order valence-corrected chi connectivity index (χ0v) is 11.7. The summed E-state index contributed by atoms with van der Waals surface area (Å²) in [5.41, 5.74) is 0. The van der Waals surface area contributed by atoms with Crippen molar-refractivity contribution in [3.8, 4) is 5.75 Å². The van der Waals surface area contributed by atoms with Crippen LogP contribution in [0.2, 0.25) is 0 Å². The van der Waals surface area contributed by atoms with Crippen molar-refractivity contribution in [2.45, 2.75) is 42.7 Å². The molecule has 1 saturated carbocycles. The summed E-state index contributed by atoms with van der Waals surface area (Å²) in [6.07, 6.45) is 5.81. The average molecular weight is 263 g/mol. The van der Waals surface area contributed by atoms with Crippen molar-refractivity contribution >= 4 is 11.8 Å². The number of fused-ring (bicyclic) bond motifs is 1. The second-order valence-corrected chi connectivity index (χ2v) is 6.33. The van der Waals surface area contributed by atoms with Gasteiger partial charge in [0.2, 0.25) is 0 Å². The van der Waals surface area contributed by atoms with Crippen LogP contribution in [0.1, 0.15) is 25.7 Å². The summed E-state index contributed by atoms with van der Waals surface area (Å²) in [5, 5.41) is 3.51. The first kappa shape index (κ1) is 12.4. The van der Waals surface area contributed by atoms with Gasteiger partial charge in [-0.25, -0.2) is 0 Å². The molecule has 0 aromatic heterocycles. The van der Waals surface area contributed by atoms with Crippen LogP contribution in [-0.2, 0) is 0 Å². The quantitative estimate of drug-likeness (QED) is 0.904. The summed E-state index contributed by atoms with van der Waals surface area (Å²) >= 11 is 1.93. The zero-order valence-electron chi connectivity index (χ0n) is 10.9. The molecule has 18 heavy (non-hydrogen) atoms.